The zero-order valence-corrected chi connectivity index (χ0v) is 10.1. The largest absolute Gasteiger partial charge is 0.497 e. The van der Waals surface area contributed by atoms with E-state index >= 15 is 0 Å². The van der Waals surface area contributed by atoms with E-state index in [2.05, 4.69) is 15.9 Å². The van der Waals surface area contributed by atoms with Crippen LogP contribution in [0.15, 0.2) is 18.2 Å². The molecule has 0 saturated carbocycles. The summed E-state index contributed by atoms with van der Waals surface area (Å²) in [7, 11) is 1.44. The Labute approximate surface area is 99.5 Å². The number of benzene rings is 1. The van der Waals surface area contributed by atoms with Gasteiger partial charge >= 0.3 is 6.18 Å². The number of ether oxygens (including phenoxy) is 2. The molecule has 1 aromatic rings. The molecule has 0 atom stereocenters. The zero-order valence-electron chi connectivity index (χ0n) is 8.47. The van der Waals surface area contributed by atoms with Crippen LogP contribution >= 0.6 is 15.9 Å². The Kier molecular flexibility index (Phi) is 4.46. The zero-order chi connectivity index (χ0) is 12.2. The summed E-state index contributed by atoms with van der Waals surface area (Å²) in [6.07, 6.45) is -4.34. The van der Waals surface area contributed by atoms with E-state index in [1.165, 1.54) is 13.2 Å². The highest BCUT2D eigenvalue weighted by Crippen LogP contribution is 2.28. The van der Waals surface area contributed by atoms with Gasteiger partial charge in [-0.05, 0) is 6.07 Å². The maximum atomic E-state index is 12.0. The predicted molar refractivity (Wildman–Crippen MR) is 57.2 cm³/mol. The van der Waals surface area contributed by atoms with Crippen LogP contribution in [0.25, 0.3) is 0 Å². The highest BCUT2D eigenvalue weighted by molar-refractivity contribution is 9.08. The molecule has 0 saturated heterocycles. The number of halogens is 4. The summed E-state index contributed by atoms with van der Waals surface area (Å²) in [5, 5.41) is 0.421. The summed E-state index contributed by atoms with van der Waals surface area (Å²) in [5.74, 6) is 0.635. The number of rotatable bonds is 4. The molecular weight excluding hydrogens is 289 g/mol. The normalized spacial score (nSPS) is 11.3. The maximum absolute atomic E-state index is 12.0. The molecular formula is C10H10BrF3O2. The molecule has 0 bridgehead atoms. The molecule has 2 nitrogen and oxygen atoms in total. The summed E-state index contributed by atoms with van der Waals surface area (Å²) in [6.45, 7) is -1.31. The van der Waals surface area contributed by atoms with E-state index in [0.29, 0.717) is 16.6 Å². The minimum Gasteiger partial charge on any atom is -0.497 e. The Bertz CT molecular complexity index is 352. The van der Waals surface area contributed by atoms with Crippen LogP contribution in [-0.4, -0.2) is 19.9 Å². The first-order chi connectivity index (χ1) is 7.46. The average Bonchev–Trinajstić information content (AvgIpc) is 2.25. The Hall–Kier alpha value is -0.910. The van der Waals surface area contributed by atoms with E-state index in [1.54, 1.807) is 12.1 Å². The Morgan fingerprint density at radius 2 is 2.00 bits per heavy atom. The quantitative estimate of drug-likeness (QED) is 0.792. The third kappa shape index (κ3) is 3.92. The molecule has 0 heterocycles. The minimum absolute atomic E-state index is 0.175. The average molecular weight is 299 g/mol. The minimum atomic E-state index is -4.34. The summed E-state index contributed by atoms with van der Waals surface area (Å²) in [4.78, 5) is 0. The Morgan fingerprint density at radius 1 is 1.31 bits per heavy atom. The van der Waals surface area contributed by atoms with E-state index < -0.39 is 12.8 Å². The molecule has 16 heavy (non-hydrogen) atoms. The van der Waals surface area contributed by atoms with Crippen molar-refractivity contribution >= 4 is 15.9 Å². The second-order valence-corrected chi connectivity index (χ2v) is 3.57. The smallest absolute Gasteiger partial charge is 0.422 e. The van der Waals surface area contributed by atoms with Crippen LogP contribution in [0.5, 0.6) is 11.5 Å². The van der Waals surface area contributed by atoms with Gasteiger partial charge in [0, 0.05) is 17.0 Å². The Balaban J connectivity index is 2.83. The van der Waals surface area contributed by atoms with Gasteiger partial charge in [-0.1, -0.05) is 22.0 Å². The second-order valence-electron chi connectivity index (χ2n) is 3.01. The van der Waals surface area contributed by atoms with Gasteiger partial charge < -0.3 is 9.47 Å². The third-order valence-electron chi connectivity index (χ3n) is 1.81. The lowest BCUT2D eigenvalue weighted by atomic mass is 10.2. The molecule has 0 spiro atoms. The first-order valence-electron chi connectivity index (χ1n) is 4.38. The molecule has 6 heteroatoms. The SMILES string of the molecule is COc1ccc(CBr)c(OCC(F)(F)F)c1. The van der Waals surface area contributed by atoms with Crippen molar-refractivity contribution in [3.63, 3.8) is 0 Å². The van der Waals surface area contributed by atoms with Gasteiger partial charge in [0.25, 0.3) is 0 Å². The molecule has 0 N–H and O–H groups in total. The lowest BCUT2D eigenvalue weighted by Crippen LogP contribution is -2.19. The topological polar surface area (TPSA) is 18.5 Å². The fourth-order valence-corrected chi connectivity index (χ4v) is 1.53. The van der Waals surface area contributed by atoms with Crippen molar-refractivity contribution in [1.29, 1.82) is 0 Å². The van der Waals surface area contributed by atoms with E-state index in [1.807, 2.05) is 0 Å². The number of hydrogen-bond acceptors (Lipinski definition) is 2. The molecule has 90 valence electrons. The Morgan fingerprint density at radius 3 is 2.50 bits per heavy atom. The fraction of sp³-hybridized carbons (Fsp3) is 0.400. The van der Waals surface area contributed by atoms with Gasteiger partial charge in [0.15, 0.2) is 6.61 Å². The van der Waals surface area contributed by atoms with Gasteiger partial charge in [0.05, 0.1) is 7.11 Å². The lowest BCUT2D eigenvalue weighted by molar-refractivity contribution is -0.153. The summed E-state index contributed by atoms with van der Waals surface area (Å²) >= 11 is 3.17. The molecule has 0 radical (unpaired) electrons. The third-order valence-corrected chi connectivity index (χ3v) is 2.41. The van der Waals surface area contributed by atoms with Crippen molar-refractivity contribution in [3.8, 4) is 11.5 Å². The van der Waals surface area contributed by atoms with Gasteiger partial charge in [0.1, 0.15) is 11.5 Å². The van der Waals surface area contributed by atoms with Crippen LogP contribution in [0.1, 0.15) is 5.56 Å². The van der Waals surface area contributed by atoms with Crippen molar-refractivity contribution in [2.75, 3.05) is 13.7 Å². The molecule has 0 amide bonds. The monoisotopic (exact) mass is 298 g/mol. The van der Waals surface area contributed by atoms with Crippen LogP contribution < -0.4 is 9.47 Å². The van der Waals surface area contributed by atoms with Gasteiger partial charge in [-0.15, -0.1) is 0 Å². The molecule has 0 unspecified atom stereocenters. The first kappa shape index (κ1) is 13.2. The van der Waals surface area contributed by atoms with Crippen LogP contribution in [0.4, 0.5) is 13.2 Å². The maximum Gasteiger partial charge on any atom is 0.422 e. The van der Waals surface area contributed by atoms with Gasteiger partial charge in [-0.2, -0.15) is 13.2 Å². The molecule has 0 aliphatic carbocycles. The van der Waals surface area contributed by atoms with Crippen LogP contribution in [0.3, 0.4) is 0 Å². The van der Waals surface area contributed by atoms with E-state index in [-0.39, 0.29) is 5.75 Å². The van der Waals surface area contributed by atoms with Gasteiger partial charge in [-0.3, -0.25) is 0 Å². The van der Waals surface area contributed by atoms with Crippen molar-refractivity contribution < 1.29 is 22.6 Å². The number of alkyl halides is 4. The molecule has 1 rings (SSSR count). The highest BCUT2D eigenvalue weighted by atomic mass is 79.9. The molecule has 0 aromatic heterocycles. The van der Waals surface area contributed by atoms with Crippen LogP contribution in [0, 0.1) is 0 Å². The van der Waals surface area contributed by atoms with E-state index in [9.17, 15) is 13.2 Å². The summed E-state index contributed by atoms with van der Waals surface area (Å²) in [5.41, 5.74) is 0.644. The standard InChI is InChI=1S/C10H10BrF3O2/c1-15-8-3-2-7(5-11)9(4-8)16-6-10(12,13)14/h2-4H,5-6H2,1H3. The van der Waals surface area contributed by atoms with E-state index in [0.717, 1.165) is 0 Å². The molecule has 0 aliphatic rings. The summed E-state index contributed by atoms with van der Waals surface area (Å²) in [6, 6.07) is 4.75. The number of hydrogen-bond donors (Lipinski definition) is 0. The molecule has 0 fully saturated rings. The van der Waals surface area contributed by atoms with Gasteiger partial charge in [-0.25, -0.2) is 0 Å². The summed E-state index contributed by atoms with van der Waals surface area (Å²) < 4.78 is 45.6. The predicted octanol–water partition coefficient (Wildman–Crippen LogP) is 3.53. The van der Waals surface area contributed by atoms with Gasteiger partial charge in [0.2, 0.25) is 0 Å². The number of methoxy groups -OCH3 is 1. The highest BCUT2D eigenvalue weighted by Gasteiger charge is 2.28. The van der Waals surface area contributed by atoms with Crippen LogP contribution in [-0.2, 0) is 5.33 Å². The van der Waals surface area contributed by atoms with Crippen molar-refractivity contribution in [2.45, 2.75) is 11.5 Å². The van der Waals surface area contributed by atoms with Crippen LogP contribution in [0.2, 0.25) is 0 Å². The molecule has 1 aromatic carbocycles. The van der Waals surface area contributed by atoms with Crippen molar-refractivity contribution in [3.05, 3.63) is 23.8 Å². The first-order valence-corrected chi connectivity index (χ1v) is 5.51. The fourth-order valence-electron chi connectivity index (χ4n) is 1.07. The molecule has 0 aliphatic heterocycles. The van der Waals surface area contributed by atoms with Crippen molar-refractivity contribution in [2.24, 2.45) is 0 Å². The lowest BCUT2D eigenvalue weighted by Gasteiger charge is -2.13. The second kappa shape index (κ2) is 5.43. The van der Waals surface area contributed by atoms with E-state index in [4.69, 9.17) is 9.47 Å². The van der Waals surface area contributed by atoms with Crippen molar-refractivity contribution in [1.82, 2.24) is 0 Å².